The Morgan fingerprint density at radius 2 is 1.83 bits per heavy atom. The van der Waals surface area contributed by atoms with Crippen LogP contribution in [-0.4, -0.2) is 30.2 Å². The Morgan fingerprint density at radius 1 is 1.06 bits per heavy atom. The lowest BCUT2D eigenvalue weighted by Gasteiger charge is -2.21. The average Bonchev–Trinajstić information content (AvgIpc) is 3.30. The van der Waals surface area contributed by atoms with E-state index in [1.165, 1.54) is 12.4 Å². The van der Waals surface area contributed by atoms with Crippen LogP contribution >= 0.6 is 0 Å². The van der Waals surface area contributed by atoms with Crippen LogP contribution in [0.1, 0.15) is 29.1 Å². The first-order chi connectivity index (χ1) is 16.9. The number of nitrogens with zero attached hydrogens (tertiary/aromatic N) is 5. The number of hydrogen-bond acceptors (Lipinski definition) is 6. The van der Waals surface area contributed by atoms with Crippen molar-refractivity contribution in [1.82, 2.24) is 29.6 Å². The van der Waals surface area contributed by atoms with Gasteiger partial charge in [0.25, 0.3) is 11.5 Å². The number of benzene rings is 2. The predicted molar refractivity (Wildman–Crippen MR) is 134 cm³/mol. The number of aryl methyl sites for hydroxylation is 1. The first kappa shape index (κ1) is 22.0. The molecule has 1 atom stereocenters. The van der Waals surface area contributed by atoms with Crippen LogP contribution in [0.25, 0.3) is 27.6 Å². The molecule has 3 aromatic heterocycles. The molecule has 174 valence electrons. The van der Waals surface area contributed by atoms with Crippen LogP contribution in [0.4, 0.5) is 5.82 Å². The van der Waals surface area contributed by atoms with Crippen LogP contribution in [0.3, 0.4) is 0 Å². The highest BCUT2D eigenvalue weighted by atomic mass is 16.2. The number of hydrogen-bond donors (Lipinski definition) is 2. The zero-order valence-electron chi connectivity index (χ0n) is 19.2. The Balaban J connectivity index is 1.69. The highest BCUT2D eigenvalue weighted by Crippen LogP contribution is 2.29. The molecule has 0 spiro atoms. The number of carbonyl (C=O) groups is 1. The van der Waals surface area contributed by atoms with Gasteiger partial charge in [-0.1, -0.05) is 36.4 Å². The maximum atomic E-state index is 14.0. The first-order valence-electron chi connectivity index (χ1n) is 11.0. The molecule has 1 unspecified atom stereocenters. The number of para-hydroxylation sites is 1. The summed E-state index contributed by atoms with van der Waals surface area (Å²) in [7, 11) is 1.84. The lowest BCUT2D eigenvalue weighted by Crippen LogP contribution is -2.33. The number of carbonyl (C=O) groups excluding carboxylic acids is 1. The summed E-state index contributed by atoms with van der Waals surface area (Å²) in [6.45, 7) is 1.81. The number of fused-ring (bicyclic) bond motifs is 1. The summed E-state index contributed by atoms with van der Waals surface area (Å²) < 4.78 is 3.33. The maximum Gasteiger partial charge on any atom is 0.274 e. The lowest BCUT2D eigenvalue weighted by atomic mass is 9.99. The van der Waals surface area contributed by atoms with Gasteiger partial charge in [0, 0.05) is 42.6 Å². The molecule has 0 fully saturated rings. The molecule has 0 aliphatic carbocycles. The number of pyridine rings is 1. The molecule has 5 aromatic rings. The predicted octanol–water partition coefficient (Wildman–Crippen LogP) is 3.25. The van der Waals surface area contributed by atoms with E-state index in [-0.39, 0.29) is 17.1 Å². The van der Waals surface area contributed by atoms with Crippen molar-refractivity contribution < 1.29 is 4.79 Å². The van der Waals surface area contributed by atoms with E-state index in [0.717, 1.165) is 16.5 Å². The molecule has 3 heterocycles. The van der Waals surface area contributed by atoms with Gasteiger partial charge >= 0.3 is 0 Å². The van der Waals surface area contributed by atoms with Crippen molar-refractivity contribution in [3.05, 3.63) is 101 Å². The van der Waals surface area contributed by atoms with E-state index in [4.69, 9.17) is 5.73 Å². The third-order valence-corrected chi connectivity index (χ3v) is 5.84. The van der Waals surface area contributed by atoms with Crippen LogP contribution in [0, 0.1) is 0 Å². The van der Waals surface area contributed by atoms with Gasteiger partial charge in [-0.05, 0) is 36.1 Å². The zero-order valence-corrected chi connectivity index (χ0v) is 19.2. The molecule has 9 heteroatoms. The minimum atomic E-state index is -0.539. The van der Waals surface area contributed by atoms with E-state index in [9.17, 15) is 9.59 Å². The van der Waals surface area contributed by atoms with Crippen LogP contribution in [-0.2, 0) is 7.05 Å². The number of nitrogens with two attached hydrogens (primary N) is 1. The fraction of sp³-hybridized carbons (Fsp3) is 0.115. The molecule has 0 radical (unpaired) electrons. The quantitative estimate of drug-likeness (QED) is 0.411. The number of nitrogens with one attached hydrogen (secondary N) is 1. The van der Waals surface area contributed by atoms with E-state index < -0.39 is 11.9 Å². The van der Waals surface area contributed by atoms with E-state index >= 15 is 0 Å². The molecular formula is C26H23N7O2. The fourth-order valence-corrected chi connectivity index (χ4v) is 4.21. The van der Waals surface area contributed by atoms with Crippen molar-refractivity contribution >= 4 is 22.5 Å². The molecule has 1 amide bonds. The monoisotopic (exact) mass is 465 g/mol. The van der Waals surface area contributed by atoms with Crippen molar-refractivity contribution in [2.75, 3.05) is 5.73 Å². The second-order valence-corrected chi connectivity index (χ2v) is 8.20. The summed E-state index contributed by atoms with van der Waals surface area (Å²) in [5.74, 6) is -0.434. The van der Waals surface area contributed by atoms with Crippen molar-refractivity contribution in [3.63, 3.8) is 0 Å². The van der Waals surface area contributed by atoms with E-state index in [1.54, 1.807) is 15.4 Å². The van der Waals surface area contributed by atoms with Gasteiger partial charge in [0.15, 0.2) is 11.5 Å². The van der Waals surface area contributed by atoms with Crippen molar-refractivity contribution in [3.8, 4) is 16.8 Å². The van der Waals surface area contributed by atoms with Crippen LogP contribution in [0.5, 0.6) is 0 Å². The highest BCUT2D eigenvalue weighted by Gasteiger charge is 2.22. The Morgan fingerprint density at radius 3 is 2.54 bits per heavy atom. The molecule has 3 N–H and O–H groups in total. The van der Waals surface area contributed by atoms with Gasteiger partial charge in [-0.15, -0.1) is 0 Å². The number of amides is 1. The maximum absolute atomic E-state index is 14.0. The molecule has 0 saturated heterocycles. The Labute approximate surface area is 200 Å². The van der Waals surface area contributed by atoms with Gasteiger partial charge in [-0.3, -0.25) is 18.8 Å². The molecule has 0 aliphatic rings. The number of rotatable bonds is 5. The molecule has 9 nitrogen and oxygen atoms in total. The van der Waals surface area contributed by atoms with Gasteiger partial charge in [-0.25, -0.2) is 9.97 Å². The molecule has 5 rings (SSSR count). The second kappa shape index (κ2) is 8.86. The third kappa shape index (κ3) is 4.04. The summed E-state index contributed by atoms with van der Waals surface area (Å²) in [5.41, 5.74) is 8.63. The first-order valence-corrected chi connectivity index (χ1v) is 11.0. The minimum Gasteiger partial charge on any atom is -0.382 e. The Kier molecular flexibility index (Phi) is 5.58. The lowest BCUT2D eigenvalue weighted by molar-refractivity contribution is 0.0934. The number of aromatic nitrogens is 5. The molecule has 2 aromatic carbocycles. The molecule has 0 bridgehead atoms. The number of anilines is 1. The normalized spacial score (nSPS) is 11.9. The summed E-state index contributed by atoms with van der Waals surface area (Å²) in [4.78, 5) is 34.9. The second-order valence-electron chi connectivity index (χ2n) is 8.20. The summed E-state index contributed by atoms with van der Waals surface area (Å²) >= 11 is 0. The minimum absolute atomic E-state index is 0.0348. The van der Waals surface area contributed by atoms with Crippen molar-refractivity contribution in [2.24, 2.45) is 7.05 Å². The van der Waals surface area contributed by atoms with Gasteiger partial charge in [-0.2, -0.15) is 5.10 Å². The molecular weight excluding hydrogens is 442 g/mol. The Hall–Kier alpha value is -4.79. The molecule has 35 heavy (non-hydrogen) atoms. The van der Waals surface area contributed by atoms with Crippen LogP contribution in [0.15, 0.2) is 84.2 Å². The SMILES string of the molecule is CC(NC(=O)c1nccnc1N)c1cc2cccc(-c3cnn(C)c3)c2c(=O)n1-c1ccccc1. The van der Waals surface area contributed by atoms with Gasteiger partial charge in [0.1, 0.15) is 0 Å². The summed E-state index contributed by atoms with van der Waals surface area (Å²) in [5, 5.41) is 8.51. The zero-order chi connectivity index (χ0) is 24.5. The van der Waals surface area contributed by atoms with Crippen LogP contribution in [0.2, 0.25) is 0 Å². The molecule has 0 saturated carbocycles. The van der Waals surface area contributed by atoms with E-state index in [1.807, 2.05) is 74.8 Å². The highest BCUT2D eigenvalue weighted by molar-refractivity contribution is 5.97. The van der Waals surface area contributed by atoms with Crippen LogP contribution < -0.4 is 16.6 Å². The van der Waals surface area contributed by atoms with Crippen molar-refractivity contribution in [1.29, 1.82) is 0 Å². The van der Waals surface area contributed by atoms with Gasteiger partial charge < -0.3 is 11.1 Å². The summed E-state index contributed by atoms with van der Waals surface area (Å²) in [6, 6.07) is 16.4. The van der Waals surface area contributed by atoms with E-state index in [0.29, 0.717) is 16.8 Å². The summed E-state index contributed by atoms with van der Waals surface area (Å²) in [6.07, 6.45) is 6.45. The largest absolute Gasteiger partial charge is 0.382 e. The van der Waals surface area contributed by atoms with Crippen molar-refractivity contribution in [2.45, 2.75) is 13.0 Å². The number of nitrogen functional groups attached to an aromatic ring is 1. The topological polar surface area (TPSA) is 121 Å². The molecule has 0 aliphatic heterocycles. The smallest absolute Gasteiger partial charge is 0.274 e. The standard InChI is InChI=1S/C26H23N7O2/c1-16(31-25(34)23-24(27)29-12-11-28-23)21-13-17-7-6-10-20(18-14-30-32(2)15-18)22(17)26(35)33(21)19-8-4-3-5-9-19/h3-16H,1-2H3,(H2,27,29)(H,31,34). The Bertz CT molecular complexity index is 1610. The van der Waals surface area contributed by atoms with E-state index in [2.05, 4.69) is 20.4 Å². The van der Waals surface area contributed by atoms with Gasteiger partial charge in [0.2, 0.25) is 0 Å². The van der Waals surface area contributed by atoms with Gasteiger partial charge in [0.05, 0.1) is 17.6 Å². The fourth-order valence-electron chi connectivity index (χ4n) is 4.21. The third-order valence-electron chi connectivity index (χ3n) is 5.84. The average molecular weight is 466 g/mol.